The summed E-state index contributed by atoms with van der Waals surface area (Å²) in [5.74, 6) is 0.832. The van der Waals surface area contributed by atoms with E-state index in [1.807, 2.05) is 24.3 Å². The van der Waals surface area contributed by atoms with Crippen LogP contribution in [0.5, 0.6) is 0 Å². The van der Waals surface area contributed by atoms with Crippen LogP contribution >= 0.6 is 11.6 Å². The number of nitrogens with one attached hydrogen (secondary N) is 1. The van der Waals surface area contributed by atoms with Crippen molar-refractivity contribution in [1.82, 2.24) is 14.5 Å². The first-order chi connectivity index (χ1) is 12.2. The second-order valence-electron chi connectivity index (χ2n) is 6.13. The number of halogens is 1. The molecule has 1 atom stereocenters. The van der Waals surface area contributed by atoms with E-state index in [0.717, 1.165) is 35.6 Å². The highest BCUT2D eigenvalue weighted by Crippen LogP contribution is 2.46. The monoisotopic (exact) mass is 352 g/mol. The fraction of sp³-hybridized carbons (Fsp3) is 0.211. The van der Waals surface area contributed by atoms with Gasteiger partial charge in [-0.25, -0.2) is 14.8 Å². The highest BCUT2D eigenvalue weighted by Gasteiger charge is 2.41. The quantitative estimate of drug-likeness (QED) is 0.784. The van der Waals surface area contributed by atoms with Gasteiger partial charge in [0.2, 0.25) is 0 Å². The molecule has 6 heteroatoms. The molecule has 3 aromatic rings. The number of rotatable bonds is 3. The SMILES string of the molecule is CCC1(c2cccc(-n3cccnc3=O)c2)CNc2nccc(Cl)c21. The van der Waals surface area contributed by atoms with Gasteiger partial charge < -0.3 is 5.32 Å². The fourth-order valence-corrected chi connectivity index (χ4v) is 3.94. The smallest absolute Gasteiger partial charge is 0.352 e. The third kappa shape index (κ3) is 2.43. The molecule has 1 unspecified atom stereocenters. The topological polar surface area (TPSA) is 59.8 Å². The van der Waals surface area contributed by atoms with Crippen LogP contribution in [-0.4, -0.2) is 21.1 Å². The summed E-state index contributed by atoms with van der Waals surface area (Å²) in [6, 6.07) is 11.6. The van der Waals surface area contributed by atoms with Gasteiger partial charge in [-0.3, -0.25) is 4.57 Å². The molecule has 0 radical (unpaired) electrons. The molecule has 0 saturated carbocycles. The summed E-state index contributed by atoms with van der Waals surface area (Å²) in [5.41, 5.74) is 2.34. The first-order valence-electron chi connectivity index (χ1n) is 8.19. The molecule has 1 aromatic carbocycles. The summed E-state index contributed by atoms with van der Waals surface area (Å²) in [6.07, 6.45) is 5.80. The number of fused-ring (bicyclic) bond motifs is 1. The highest BCUT2D eigenvalue weighted by atomic mass is 35.5. The van der Waals surface area contributed by atoms with E-state index in [9.17, 15) is 4.79 Å². The Kier molecular flexibility index (Phi) is 3.81. The molecule has 25 heavy (non-hydrogen) atoms. The summed E-state index contributed by atoms with van der Waals surface area (Å²) in [4.78, 5) is 20.3. The van der Waals surface area contributed by atoms with Crippen molar-refractivity contribution in [3.8, 4) is 5.69 Å². The Morgan fingerprint density at radius 3 is 2.92 bits per heavy atom. The summed E-state index contributed by atoms with van der Waals surface area (Å²) in [5, 5.41) is 4.08. The second kappa shape index (κ2) is 6.01. The van der Waals surface area contributed by atoms with Gasteiger partial charge >= 0.3 is 5.69 Å². The molecule has 5 nitrogen and oxygen atoms in total. The summed E-state index contributed by atoms with van der Waals surface area (Å²) < 4.78 is 1.54. The Balaban J connectivity index is 1.90. The number of anilines is 1. The van der Waals surface area contributed by atoms with Gasteiger partial charge in [-0.2, -0.15) is 0 Å². The van der Waals surface area contributed by atoms with Crippen molar-refractivity contribution in [2.45, 2.75) is 18.8 Å². The molecular formula is C19H17ClN4O. The van der Waals surface area contributed by atoms with Gasteiger partial charge in [0.25, 0.3) is 0 Å². The molecular weight excluding hydrogens is 336 g/mol. The van der Waals surface area contributed by atoms with Gasteiger partial charge in [-0.15, -0.1) is 0 Å². The number of benzene rings is 1. The molecule has 4 rings (SSSR count). The van der Waals surface area contributed by atoms with E-state index in [1.165, 1.54) is 6.20 Å². The molecule has 0 aliphatic carbocycles. The summed E-state index contributed by atoms with van der Waals surface area (Å²) >= 11 is 6.52. The zero-order valence-electron chi connectivity index (χ0n) is 13.7. The minimum Gasteiger partial charge on any atom is -0.369 e. The Morgan fingerprint density at radius 1 is 1.24 bits per heavy atom. The van der Waals surface area contributed by atoms with E-state index in [4.69, 9.17) is 11.6 Å². The number of hydrogen-bond donors (Lipinski definition) is 1. The van der Waals surface area contributed by atoms with Crippen molar-refractivity contribution in [1.29, 1.82) is 0 Å². The van der Waals surface area contributed by atoms with Gasteiger partial charge in [-0.1, -0.05) is 30.7 Å². The molecule has 0 saturated heterocycles. The lowest BCUT2D eigenvalue weighted by molar-refractivity contribution is 0.546. The Morgan fingerprint density at radius 2 is 2.12 bits per heavy atom. The molecule has 1 aliphatic heterocycles. The lowest BCUT2D eigenvalue weighted by Gasteiger charge is -2.29. The van der Waals surface area contributed by atoms with E-state index in [-0.39, 0.29) is 11.1 Å². The molecule has 0 amide bonds. The number of hydrogen-bond acceptors (Lipinski definition) is 4. The van der Waals surface area contributed by atoms with E-state index in [2.05, 4.69) is 28.3 Å². The van der Waals surface area contributed by atoms with Crippen molar-refractivity contribution in [2.75, 3.05) is 11.9 Å². The predicted octanol–water partition coefficient (Wildman–Crippen LogP) is 3.40. The van der Waals surface area contributed by atoms with Crippen molar-refractivity contribution in [2.24, 2.45) is 0 Å². The maximum Gasteiger partial charge on any atom is 0.352 e. The number of nitrogens with zero attached hydrogens (tertiary/aromatic N) is 3. The highest BCUT2D eigenvalue weighted by molar-refractivity contribution is 6.32. The van der Waals surface area contributed by atoms with Crippen LogP contribution < -0.4 is 11.0 Å². The van der Waals surface area contributed by atoms with Crippen LogP contribution in [0.2, 0.25) is 5.02 Å². The van der Waals surface area contributed by atoms with Crippen molar-refractivity contribution >= 4 is 17.4 Å². The zero-order valence-corrected chi connectivity index (χ0v) is 14.5. The Hall–Kier alpha value is -2.66. The van der Waals surface area contributed by atoms with Gasteiger partial charge in [0.1, 0.15) is 5.82 Å². The van der Waals surface area contributed by atoms with Crippen molar-refractivity contribution in [3.05, 3.63) is 81.6 Å². The number of pyridine rings is 1. The predicted molar refractivity (Wildman–Crippen MR) is 98.6 cm³/mol. The Labute approximate surface area is 150 Å². The molecule has 1 N–H and O–H groups in total. The molecule has 1 aliphatic rings. The zero-order chi connectivity index (χ0) is 17.4. The van der Waals surface area contributed by atoms with Gasteiger partial charge in [-0.05, 0) is 36.2 Å². The normalized spacial score (nSPS) is 18.6. The fourth-order valence-electron chi connectivity index (χ4n) is 3.61. The second-order valence-corrected chi connectivity index (χ2v) is 6.54. The summed E-state index contributed by atoms with van der Waals surface area (Å²) in [7, 11) is 0. The van der Waals surface area contributed by atoms with Crippen molar-refractivity contribution in [3.63, 3.8) is 0 Å². The maximum atomic E-state index is 12.1. The average molecular weight is 353 g/mol. The van der Waals surface area contributed by atoms with Gasteiger partial charge in [0.15, 0.2) is 0 Å². The van der Waals surface area contributed by atoms with Crippen molar-refractivity contribution < 1.29 is 0 Å². The number of aromatic nitrogens is 3. The Bertz CT molecular complexity index is 1000. The molecule has 0 bridgehead atoms. The third-order valence-electron chi connectivity index (χ3n) is 4.93. The van der Waals surface area contributed by atoms with Gasteiger partial charge in [0, 0.05) is 41.1 Å². The average Bonchev–Trinajstić information content (AvgIpc) is 3.04. The minimum absolute atomic E-state index is 0.275. The van der Waals surface area contributed by atoms with Crippen LogP contribution in [0.3, 0.4) is 0 Å². The minimum atomic E-state index is -0.296. The van der Waals surface area contributed by atoms with E-state index < -0.39 is 0 Å². The summed E-state index contributed by atoms with van der Waals surface area (Å²) in [6.45, 7) is 2.87. The third-order valence-corrected chi connectivity index (χ3v) is 5.24. The van der Waals surface area contributed by atoms with Crippen LogP contribution in [0.15, 0.2) is 59.8 Å². The van der Waals surface area contributed by atoms with E-state index in [1.54, 1.807) is 23.0 Å². The van der Waals surface area contributed by atoms with E-state index >= 15 is 0 Å². The molecule has 3 heterocycles. The largest absolute Gasteiger partial charge is 0.369 e. The first-order valence-corrected chi connectivity index (χ1v) is 8.57. The molecule has 126 valence electrons. The van der Waals surface area contributed by atoms with Crippen LogP contribution in [-0.2, 0) is 5.41 Å². The van der Waals surface area contributed by atoms with E-state index in [0.29, 0.717) is 5.02 Å². The first kappa shape index (κ1) is 15.8. The van der Waals surface area contributed by atoms with Crippen LogP contribution in [0.1, 0.15) is 24.5 Å². The van der Waals surface area contributed by atoms with Gasteiger partial charge in [0.05, 0.1) is 5.69 Å². The van der Waals surface area contributed by atoms with Crippen LogP contribution in [0.4, 0.5) is 5.82 Å². The lowest BCUT2D eigenvalue weighted by Crippen LogP contribution is -2.30. The van der Waals surface area contributed by atoms with Crippen LogP contribution in [0.25, 0.3) is 5.69 Å². The lowest BCUT2D eigenvalue weighted by atomic mass is 9.74. The molecule has 2 aromatic heterocycles. The standard InChI is InChI=1S/C19H17ClN4O/c1-2-19(12-23-17-16(19)15(20)7-9-21-17)13-5-3-6-14(11-13)24-10-4-8-22-18(24)25/h3-11H,2,12H2,1H3,(H,21,23). The maximum absolute atomic E-state index is 12.1. The molecule has 0 fully saturated rings. The van der Waals surface area contributed by atoms with Crippen LogP contribution in [0, 0.1) is 0 Å². The molecule has 0 spiro atoms.